The van der Waals surface area contributed by atoms with Crippen molar-refractivity contribution in [3.05, 3.63) is 158 Å². The van der Waals surface area contributed by atoms with Crippen molar-refractivity contribution in [2.45, 2.75) is 96.4 Å². The lowest BCUT2D eigenvalue weighted by Crippen LogP contribution is -2.54. The quantitative estimate of drug-likeness (QED) is 0.0255. The monoisotopic (exact) mass is 1000 g/mol. The maximum atomic E-state index is 14.0. The van der Waals surface area contributed by atoms with Crippen molar-refractivity contribution in [2.24, 2.45) is 0 Å². The van der Waals surface area contributed by atoms with Crippen molar-refractivity contribution in [3.63, 3.8) is 0 Å². The number of H-pyrrole nitrogens is 1. The van der Waals surface area contributed by atoms with Crippen LogP contribution in [-0.2, 0) is 33.6 Å². The van der Waals surface area contributed by atoms with Crippen molar-refractivity contribution in [2.75, 3.05) is 61.4 Å². The molecule has 1 aliphatic rings. The lowest BCUT2D eigenvalue weighted by molar-refractivity contribution is -0.238. The molecule has 2 heterocycles. The van der Waals surface area contributed by atoms with Gasteiger partial charge in [0.25, 0.3) is 20.0 Å². The normalized spacial score (nSPS) is 18.6. The van der Waals surface area contributed by atoms with Crippen LogP contribution in [-0.4, -0.2) is 128 Å². The van der Waals surface area contributed by atoms with Gasteiger partial charge in [0.05, 0.1) is 47.8 Å². The number of aliphatic hydroxyl groups is 1. The highest BCUT2D eigenvalue weighted by atomic mass is 31.2. The molecule has 71 heavy (non-hydrogen) atoms. The fraction of sp³-hybridized carbons (Fsp3) is 0.453. The number of hydrogen-bond acceptors (Lipinski definition) is 14. The number of aryl methyl sites for hydroxylation is 1. The van der Waals surface area contributed by atoms with Gasteiger partial charge in [-0.25, -0.2) is 9.46 Å². The van der Waals surface area contributed by atoms with Crippen LogP contribution in [0.3, 0.4) is 0 Å². The maximum absolute atomic E-state index is 14.0. The van der Waals surface area contributed by atoms with Gasteiger partial charge in [0.15, 0.2) is 12.3 Å². The van der Waals surface area contributed by atoms with Gasteiger partial charge in [0.1, 0.15) is 29.0 Å². The summed E-state index contributed by atoms with van der Waals surface area (Å²) in [6, 6.07) is 31.0. The number of aromatic nitrogens is 2. The van der Waals surface area contributed by atoms with E-state index in [-0.39, 0.29) is 62.6 Å². The summed E-state index contributed by atoms with van der Waals surface area (Å²) >= 11 is 0. The predicted octanol–water partition coefficient (Wildman–Crippen LogP) is 7.43. The van der Waals surface area contributed by atoms with Crippen molar-refractivity contribution in [1.29, 1.82) is 0 Å². The van der Waals surface area contributed by atoms with Crippen molar-refractivity contribution >= 4 is 14.4 Å². The minimum Gasteiger partial charge on any atom is -0.497 e. The Morgan fingerprint density at radius 1 is 0.761 bits per heavy atom. The van der Waals surface area contributed by atoms with E-state index >= 15 is 0 Å². The van der Waals surface area contributed by atoms with Gasteiger partial charge in [0, 0.05) is 49.1 Å². The van der Waals surface area contributed by atoms with Crippen LogP contribution in [0.5, 0.6) is 17.2 Å². The zero-order valence-corrected chi connectivity index (χ0v) is 43.4. The van der Waals surface area contributed by atoms with E-state index in [4.69, 9.17) is 42.2 Å². The first-order valence-electron chi connectivity index (χ1n) is 23.7. The van der Waals surface area contributed by atoms with Crippen LogP contribution < -0.4 is 25.5 Å². The molecule has 0 saturated carbocycles. The lowest BCUT2D eigenvalue weighted by atomic mass is 9.80. The SMILES string of the molecule is COCCO[C@H]1[C@H](n2cc(C)c(=O)[nH]c2=O)O[C@H](COC(c2ccccc2)(c2ccc(OC)cc2)c2ccc(OC)cc2)[C@@]1(O)OP(OCCN(C(=O)c1ccc(OC)cc1)C(C)C)N(C(C)C)C(C)C. The summed E-state index contributed by atoms with van der Waals surface area (Å²) in [6.07, 6.45) is -2.90. The average molecular weight is 1000 g/mol. The molecule has 1 saturated heterocycles. The first-order valence-corrected chi connectivity index (χ1v) is 24.8. The summed E-state index contributed by atoms with van der Waals surface area (Å²) in [5, 5.41) is 13.7. The Bertz CT molecular complexity index is 2520. The number of ether oxygens (including phenoxy) is 7. The molecule has 1 aliphatic heterocycles. The van der Waals surface area contributed by atoms with E-state index in [0.29, 0.717) is 33.9 Å². The van der Waals surface area contributed by atoms with E-state index in [1.54, 1.807) is 57.4 Å². The highest BCUT2D eigenvalue weighted by molar-refractivity contribution is 7.44. The van der Waals surface area contributed by atoms with Crippen molar-refractivity contribution in [1.82, 2.24) is 19.1 Å². The minimum absolute atomic E-state index is 0.00306. The fourth-order valence-electron chi connectivity index (χ4n) is 8.67. The van der Waals surface area contributed by atoms with E-state index in [0.717, 1.165) is 5.56 Å². The molecule has 384 valence electrons. The molecule has 1 fully saturated rings. The molecule has 1 aromatic heterocycles. The molecule has 18 heteroatoms. The minimum atomic E-state index is -2.45. The van der Waals surface area contributed by atoms with Crippen LogP contribution in [0.15, 0.2) is 119 Å². The van der Waals surface area contributed by atoms with E-state index in [2.05, 4.69) is 4.98 Å². The lowest BCUT2D eigenvalue weighted by Gasteiger charge is -2.42. The number of nitrogens with one attached hydrogen (secondary N) is 1. The molecule has 0 spiro atoms. The molecule has 2 N–H and O–H groups in total. The van der Waals surface area contributed by atoms with E-state index in [9.17, 15) is 19.5 Å². The van der Waals surface area contributed by atoms with Crippen LogP contribution >= 0.6 is 8.53 Å². The second-order valence-corrected chi connectivity index (χ2v) is 19.3. The second kappa shape index (κ2) is 24.8. The highest BCUT2D eigenvalue weighted by Crippen LogP contribution is 2.54. The smallest absolute Gasteiger partial charge is 0.330 e. The largest absolute Gasteiger partial charge is 0.497 e. The number of hydrogen-bond donors (Lipinski definition) is 2. The fourth-order valence-corrected chi connectivity index (χ4v) is 10.4. The Labute approximate surface area is 417 Å². The average Bonchev–Trinajstić information content (AvgIpc) is 3.63. The summed E-state index contributed by atoms with van der Waals surface area (Å²) in [5.41, 5.74) is 0.102. The van der Waals surface area contributed by atoms with Crippen LogP contribution in [0.1, 0.15) is 80.4 Å². The molecule has 0 bridgehead atoms. The Balaban J connectivity index is 1.49. The number of methoxy groups -OCH3 is 4. The molecular formula is C53H69N4O13P. The molecular weight excluding hydrogens is 932 g/mol. The van der Waals surface area contributed by atoms with Crippen molar-refractivity contribution < 1.29 is 52.1 Å². The van der Waals surface area contributed by atoms with Gasteiger partial charge in [-0.3, -0.25) is 23.7 Å². The first kappa shape index (κ1) is 54.9. The summed E-state index contributed by atoms with van der Waals surface area (Å²) in [6.45, 7) is 13.2. The second-order valence-electron chi connectivity index (χ2n) is 17.9. The number of aromatic amines is 1. The van der Waals surface area contributed by atoms with Gasteiger partial charge in [-0.1, -0.05) is 54.6 Å². The maximum Gasteiger partial charge on any atom is 0.330 e. The molecule has 5 aromatic rings. The van der Waals surface area contributed by atoms with Gasteiger partial charge < -0.3 is 47.7 Å². The highest BCUT2D eigenvalue weighted by Gasteiger charge is 2.62. The van der Waals surface area contributed by atoms with Gasteiger partial charge in [-0.15, -0.1) is 0 Å². The molecule has 0 aliphatic carbocycles. The third-order valence-corrected chi connectivity index (χ3v) is 14.4. The Kier molecular flexibility index (Phi) is 19.2. The topological polar surface area (TPSA) is 182 Å². The summed E-state index contributed by atoms with van der Waals surface area (Å²) in [5.74, 6) is -0.768. The molecule has 6 rings (SSSR count). The molecule has 4 aromatic carbocycles. The Hall–Kier alpha value is -5.46. The third kappa shape index (κ3) is 12.4. The standard InChI is InChI=1S/C53H69N4O13P/c1-35(2)55(49(59)39-17-23-43(63-9)24-18-39)29-30-68-71(57(36(3)4)37(5)6)70-53(61)46(69-50(47(53)66-32-31-62-8)56-33-38(7)48(58)54-51(56)60)34-67-52(40-15-13-12-14-16-40,41-19-25-44(64-10)26-20-41)42-21-27-45(65-11)28-22-42/h12-28,33,35-37,46-47,50,61H,29-32,34H2,1-11H3,(H,54,58,60)/t46-,47+,50-,53-,71?/m1/s1. The van der Waals surface area contributed by atoms with E-state index in [1.807, 2.05) is 125 Å². The van der Waals surface area contributed by atoms with Crippen LogP contribution in [0.2, 0.25) is 0 Å². The van der Waals surface area contributed by atoms with Gasteiger partial charge in [-0.2, -0.15) is 0 Å². The van der Waals surface area contributed by atoms with Crippen LogP contribution in [0.4, 0.5) is 0 Å². The van der Waals surface area contributed by atoms with E-state index in [1.165, 1.54) is 17.9 Å². The molecule has 1 unspecified atom stereocenters. The van der Waals surface area contributed by atoms with Crippen LogP contribution in [0.25, 0.3) is 0 Å². The van der Waals surface area contributed by atoms with Gasteiger partial charge in [-0.05, 0) is 114 Å². The first-order chi connectivity index (χ1) is 34.0. The summed E-state index contributed by atoms with van der Waals surface area (Å²) < 4.78 is 59.5. The number of carbonyl (C=O) groups is 1. The Morgan fingerprint density at radius 3 is 1.80 bits per heavy atom. The number of amides is 1. The van der Waals surface area contributed by atoms with Crippen LogP contribution in [0, 0.1) is 6.92 Å². The number of benzene rings is 4. The summed E-state index contributed by atoms with van der Waals surface area (Å²) in [4.78, 5) is 44.6. The zero-order chi connectivity index (χ0) is 51.5. The third-order valence-electron chi connectivity index (χ3n) is 12.3. The number of rotatable bonds is 25. The molecule has 0 radical (unpaired) electrons. The van der Waals surface area contributed by atoms with E-state index < -0.39 is 49.6 Å². The molecule has 5 atom stereocenters. The molecule has 1 amide bonds. The number of carbonyl (C=O) groups excluding carboxylic acids is 1. The number of nitrogens with zero attached hydrogens (tertiary/aromatic N) is 3. The summed E-state index contributed by atoms with van der Waals surface area (Å²) in [7, 11) is 4.02. The van der Waals surface area contributed by atoms with Gasteiger partial charge >= 0.3 is 5.69 Å². The zero-order valence-electron chi connectivity index (χ0n) is 42.5. The Morgan fingerprint density at radius 2 is 1.30 bits per heavy atom. The van der Waals surface area contributed by atoms with Gasteiger partial charge in [0.2, 0.25) is 5.79 Å². The predicted molar refractivity (Wildman–Crippen MR) is 270 cm³/mol. The molecule has 17 nitrogen and oxygen atoms in total. The van der Waals surface area contributed by atoms with Crippen molar-refractivity contribution in [3.8, 4) is 17.2 Å².